The maximum Gasteiger partial charge on any atom is 0.573 e. The standard InChI is InChI=1S/C21H15F3N4O2/c22-21(23,24)30-17-11-9-16(10-12-17)25-20(29)15-7-5-14(6-8-15)13-28-19-4-2-1-3-18(19)26-27-28/h1-12H,13H2,(H,25,29). The van der Waals surface area contributed by atoms with Crippen molar-refractivity contribution in [1.82, 2.24) is 15.0 Å². The van der Waals surface area contributed by atoms with E-state index in [2.05, 4.69) is 20.4 Å². The molecule has 0 aliphatic carbocycles. The lowest BCUT2D eigenvalue weighted by atomic mass is 10.1. The fraction of sp³-hybridized carbons (Fsp3) is 0.0952. The van der Waals surface area contributed by atoms with E-state index in [1.54, 1.807) is 16.8 Å². The number of halogens is 3. The van der Waals surface area contributed by atoms with Gasteiger partial charge in [-0.2, -0.15) is 0 Å². The maximum atomic E-state index is 12.4. The molecule has 0 spiro atoms. The Kier molecular flexibility index (Phi) is 5.09. The molecular weight excluding hydrogens is 397 g/mol. The molecule has 9 heteroatoms. The molecule has 0 fully saturated rings. The van der Waals surface area contributed by atoms with Gasteiger partial charge in [0.15, 0.2) is 0 Å². The van der Waals surface area contributed by atoms with E-state index in [0.29, 0.717) is 17.8 Å². The molecule has 0 aliphatic heterocycles. The van der Waals surface area contributed by atoms with Crippen LogP contribution < -0.4 is 10.1 Å². The average Bonchev–Trinajstić information content (AvgIpc) is 3.12. The Hall–Kier alpha value is -3.88. The monoisotopic (exact) mass is 412 g/mol. The first-order valence-corrected chi connectivity index (χ1v) is 8.92. The van der Waals surface area contributed by atoms with Gasteiger partial charge >= 0.3 is 6.36 Å². The van der Waals surface area contributed by atoms with Crippen LogP contribution in [0.1, 0.15) is 15.9 Å². The summed E-state index contributed by atoms with van der Waals surface area (Å²) in [5, 5.41) is 10.9. The first-order valence-electron chi connectivity index (χ1n) is 8.92. The first kappa shape index (κ1) is 19.4. The highest BCUT2D eigenvalue weighted by molar-refractivity contribution is 6.04. The number of amides is 1. The molecule has 0 unspecified atom stereocenters. The van der Waals surface area contributed by atoms with Crippen LogP contribution in [-0.4, -0.2) is 27.3 Å². The van der Waals surface area contributed by atoms with E-state index >= 15 is 0 Å². The van der Waals surface area contributed by atoms with Crippen molar-refractivity contribution < 1.29 is 22.7 Å². The second-order valence-corrected chi connectivity index (χ2v) is 6.46. The zero-order chi connectivity index (χ0) is 21.1. The molecule has 4 rings (SSSR count). The number of hydrogen-bond acceptors (Lipinski definition) is 4. The summed E-state index contributed by atoms with van der Waals surface area (Å²) in [5.74, 6) is -0.734. The lowest BCUT2D eigenvalue weighted by molar-refractivity contribution is -0.274. The van der Waals surface area contributed by atoms with Gasteiger partial charge in [0.1, 0.15) is 11.3 Å². The number of aromatic nitrogens is 3. The van der Waals surface area contributed by atoms with E-state index in [1.165, 1.54) is 12.1 Å². The first-order chi connectivity index (χ1) is 14.4. The van der Waals surface area contributed by atoms with E-state index in [-0.39, 0.29) is 11.7 Å². The summed E-state index contributed by atoms with van der Waals surface area (Å²) in [6.07, 6.45) is -4.76. The van der Waals surface area contributed by atoms with Crippen LogP contribution in [0.3, 0.4) is 0 Å². The van der Waals surface area contributed by atoms with Crippen molar-refractivity contribution in [1.29, 1.82) is 0 Å². The molecule has 152 valence electrons. The summed E-state index contributed by atoms with van der Waals surface area (Å²) in [5.41, 5.74) is 3.43. The number of anilines is 1. The Labute approximate surface area is 168 Å². The zero-order valence-corrected chi connectivity index (χ0v) is 15.4. The van der Waals surface area contributed by atoms with Crippen molar-refractivity contribution in [2.75, 3.05) is 5.32 Å². The lowest BCUT2D eigenvalue weighted by Crippen LogP contribution is -2.17. The molecule has 0 bridgehead atoms. The Morgan fingerprint density at radius 1 is 0.967 bits per heavy atom. The van der Waals surface area contributed by atoms with E-state index in [4.69, 9.17) is 0 Å². The Bertz CT molecular complexity index is 1170. The smallest absolute Gasteiger partial charge is 0.406 e. The highest BCUT2D eigenvalue weighted by Crippen LogP contribution is 2.24. The molecule has 0 saturated heterocycles. The summed E-state index contributed by atoms with van der Waals surface area (Å²) in [7, 11) is 0. The topological polar surface area (TPSA) is 69.0 Å². The fourth-order valence-electron chi connectivity index (χ4n) is 2.91. The van der Waals surface area contributed by atoms with Gasteiger partial charge in [0, 0.05) is 11.3 Å². The predicted octanol–water partition coefficient (Wildman–Crippen LogP) is 4.63. The maximum absolute atomic E-state index is 12.4. The minimum absolute atomic E-state index is 0.354. The molecular formula is C21H15F3N4O2. The molecule has 30 heavy (non-hydrogen) atoms. The van der Waals surface area contributed by atoms with Gasteiger partial charge in [-0.3, -0.25) is 4.79 Å². The molecule has 0 radical (unpaired) electrons. The van der Waals surface area contributed by atoms with Crippen molar-refractivity contribution >= 4 is 22.6 Å². The van der Waals surface area contributed by atoms with Gasteiger partial charge in [-0.15, -0.1) is 18.3 Å². The molecule has 1 heterocycles. The van der Waals surface area contributed by atoms with E-state index in [1.807, 2.05) is 36.4 Å². The van der Waals surface area contributed by atoms with Gasteiger partial charge in [-0.25, -0.2) is 4.68 Å². The summed E-state index contributed by atoms with van der Waals surface area (Å²) >= 11 is 0. The minimum atomic E-state index is -4.76. The van der Waals surface area contributed by atoms with Crippen LogP contribution in [0.5, 0.6) is 5.75 Å². The number of nitrogens with zero attached hydrogens (tertiary/aromatic N) is 3. The zero-order valence-electron chi connectivity index (χ0n) is 15.4. The largest absolute Gasteiger partial charge is 0.573 e. The van der Waals surface area contributed by atoms with Crippen LogP contribution in [0.25, 0.3) is 11.0 Å². The van der Waals surface area contributed by atoms with Crippen LogP contribution in [0.15, 0.2) is 72.8 Å². The van der Waals surface area contributed by atoms with Crippen LogP contribution in [0, 0.1) is 0 Å². The second kappa shape index (κ2) is 7.86. The van der Waals surface area contributed by atoms with Gasteiger partial charge < -0.3 is 10.1 Å². The molecule has 0 saturated carbocycles. The second-order valence-electron chi connectivity index (χ2n) is 6.46. The summed E-state index contributed by atoms with van der Waals surface area (Å²) in [6.45, 7) is 0.503. The van der Waals surface area contributed by atoms with Gasteiger partial charge in [0.25, 0.3) is 5.91 Å². The number of ether oxygens (including phenoxy) is 1. The summed E-state index contributed by atoms with van der Waals surface area (Å²) in [6, 6.07) is 19.5. The lowest BCUT2D eigenvalue weighted by Gasteiger charge is -2.10. The van der Waals surface area contributed by atoms with Crippen molar-refractivity contribution in [2.24, 2.45) is 0 Å². The normalized spacial score (nSPS) is 11.4. The van der Waals surface area contributed by atoms with E-state index in [9.17, 15) is 18.0 Å². The van der Waals surface area contributed by atoms with Gasteiger partial charge in [-0.1, -0.05) is 29.5 Å². The number of benzene rings is 3. The van der Waals surface area contributed by atoms with Crippen molar-refractivity contribution in [2.45, 2.75) is 12.9 Å². The number of rotatable bonds is 5. The number of para-hydroxylation sites is 1. The Balaban J connectivity index is 1.40. The fourth-order valence-corrected chi connectivity index (χ4v) is 2.91. The molecule has 3 aromatic carbocycles. The van der Waals surface area contributed by atoms with Crippen LogP contribution in [0.2, 0.25) is 0 Å². The molecule has 0 aliphatic rings. The molecule has 1 aromatic heterocycles. The number of nitrogens with one attached hydrogen (secondary N) is 1. The Morgan fingerprint density at radius 3 is 2.37 bits per heavy atom. The number of alkyl halides is 3. The predicted molar refractivity (Wildman–Crippen MR) is 104 cm³/mol. The van der Waals surface area contributed by atoms with Gasteiger partial charge in [-0.05, 0) is 54.1 Å². The number of fused-ring (bicyclic) bond motifs is 1. The molecule has 1 N–H and O–H groups in total. The van der Waals surface area contributed by atoms with E-state index < -0.39 is 6.36 Å². The van der Waals surface area contributed by atoms with Gasteiger partial charge in [0.2, 0.25) is 0 Å². The van der Waals surface area contributed by atoms with Crippen LogP contribution in [0.4, 0.5) is 18.9 Å². The number of carbonyl (C=O) groups is 1. The summed E-state index contributed by atoms with van der Waals surface area (Å²) in [4.78, 5) is 12.4. The third-order valence-corrected chi connectivity index (χ3v) is 4.31. The van der Waals surface area contributed by atoms with Crippen molar-refractivity contribution in [3.8, 4) is 5.75 Å². The minimum Gasteiger partial charge on any atom is -0.406 e. The molecule has 0 atom stereocenters. The van der Waals surface area contributed by atoms with Crippen molar-refractivity contribution in [3.05, 3.63) is 83.9 Å². The molecule has 1 amide bonds. The van der Waals surface area contributed by atoms with E-state index in [0.717, 1.165) is 28.7 Å². The third kappa shape index (κ3) is 4.57. The van der Waals surface area contributed by atoms with Crippen LogP contribution >= 0.6 is 0 Å². The van der Waals surface area contributed by atoms with Crippen molar-refractivity contribution in [3.63, 3.8) is 0 Å². The molecule has 6 nitrogen and oxygen atoms in total. The number of carbonyl (C=O) groups excluding carboxylic acids is 1. The van der Waals surface area contributed by atoms with Crippen LogP contribution in [-0.2, 0) is 6.54 Å². The highest BCUT2D eigenvalue weighted by atomic mass is 19.4. The molecule has 4 aromatic rings. The quantitative estimate of drug-likeness (QED) is 0.519. The SMILES string of the molecule is O=C(Nc1ccc(OC(F)(F)F)cc1)c1ccc(Cn2nnc3ccccc32)cc1. The highest BCUT2D eigenvalue weighted by Gasteiger charge is 2.30. The average molecular weight is 412 g/mol. The third-order valence-electron chi connectivity index (χ3n) is 4.31. The van der Waals surface area contributed by atoms with Gasteiger partial charge in [0.05, 0.1) is 12.1 Å². The summed E-state index contributed by atoms with van der Waals surface area (Å²) < 4.78 is 42.2. The Morgan fingerprint density at radius 2 is 1.67 bits per heavy atom. The number of hydrogen-bond donors (Lipinski definition) is 1.